The van der Waals surface area contributed by atoms with Gasteiger partial charge in [0.15, 0.2) is 0 Å². The minimum absolute atomic E-state index is 0.286. The third-order valence-electron chi connectivity index (χ3n) is 5.64. The number of rotatable bonds is 14. The Hall–Kier alpha value is -3.80. The molecule has 2 N–H and O–H groups in total. The number of amides is 2. The normalized spacial score (nSPS) is 10.5. The van der Waals surface area contributed by atoms with Crippen LogP contribution >= 0.6 is 0 Å². The van der Waals surface area contributed by atoms with Gasteiger partial charge in [0.1, 0.15) is 11.5 Å². The Balaban J connectivity index is 1.53. The van der Waals surface area contributed by atoms with Gasteiger partial charge in [-0.1, -0.05) is 45.6 Å². The molecule has 0 bridgehead atoms. The van der Waals surface area contributed by atoms with Crippen LogP contribution in [0.3, 0.4) is 0 Å². The van der Waals surface area contributed by atoms with Gasteiger partial charge in [0.05, 0.1) is 13.2 Å². The number of carbonyl (C=O) groups is 2. The standard InChI is InChI=1S/C30H36N2O4/c1-3-5-7-20-35-27-16-12-25(13-17-27)31-29(33)23-10-9-11-24(22-23)30(34)32-26-14-18-28(19-15-26)36-21-8-6-4-2/h9-19,22H,3-8,20-21H2,1-2H3,(H,31,33)(H,32,34). The van der Waals surface area contributed by atoms with E-state index in [1.807, 2.05) is 24.3 Å². The summed E-state index contributed by atoms with van der Waals surface area (Å²) < 4.78 is 11.4. The van der Waals surface area contributed by atoms with Crippen molar-refractivity contribution in [3.05, 3.63) is 83.9 Å². The molecule has 3 rings (SSSR count). The van der Waals surface area contributed by atoms with Gasteiger partial charge in [-0.3, -0.25) is 9.59 Å². The van der Waals surface area contributed by atoms with Crippen molar-refractivity contribution in [2.75, 3.05) is 23.8 Å². The summed E-state index contributed by atoms with van der Waals surface area (Å²) >= 11 is 0. The zero-order valence-corrected chi connectivity index (χ0v) is 21.2. The van der Waals surface area contributed by atoms with Crippen molar-refractivity contribution in [3.8, 4) is 11.5 Å². The molecule has 0 saturated heterocycles. The van der Waals surface area contributed by atoms with Crippen molar-refractivity contribution in [2.24, 2.45) is 0 Å². The number of ether oxygens (including phenoxy) is 2. The summed E-state index contributed by atoms with van der Waals surface area (Å²) in [5.74, 6) is 0.981. The lowest BCUT2D eigenvalue weighted by atomic mass is 10.1. The quantitative estimate of drug-likeness (QED) is 0.233. The number of benzene rings is 3. The van der Waals surface area contributed by atoms with Crippen molar-refractivity contribution < 1.29 is 19.1 Å². The van der Waals surface area contributed by atoms with E-state index in [0.29, 0.717) is 35.7 Å². The minimum atomic E-state index is -0.286. The predicted molar refractivity (Wildman–Crippen MR) is 145 cm³/mol. The maximum Gasteiger partial charge on any atom is 0.255 e. The summed E-state index contributed by atoms with van der Waals surface area (Å²) in [5, 5.41) is 5.74. The molecule has 190 valence electrons. The van der Waals surface area contributed by atoms with Crippen molar-refractivity contribution in [1.29, 1.82) is 0 Å². The Labute approximate surface area is 214 Å². The lowest BCUT2D eigenvalue weighted by Crippen LogP contribution is -2.15. The van der Waals surface area contributed by atoms with Gasteiger partial charge in [0, 0.05) is 22.5 Å². The Morgan fingerprint density at radius 2 is 1.03 bits per heavy atom. The lowest BCUT2D eigenvalue weighted by molar-refractivity contribution is 0.102. The first-order valence-electron chi connectivity index (χ1n) is 12.8. The number of hydrogen-bond acceptors (Lipinski definition) is 4. The van der Waals surface area contributed by atoms with E-state index >= 15 is 0 Å². The topological polar surface area (TPSA) is 76.7 Å². The Bertz CT molecular complexity index is 1010. The molecule has 0 fully saturated rings. The summed E-state index contributed by atoms with van der Waals surface area (Å²) in [6.45, 7) is 5.69. The first-order valence-corrected chi connectivity index (χ1v) is 12.8. The van der Waals surface area contributed by atoms with Crippen LogP contribution in [0.5, 0.6) is 11.5 Å². The highest BCUT2D eigenvalue weighted by molar-refractivity contribution is 6.08. The molecule has 3 aromatic carbocycles. The molecule has 0 aliphatic heterocycles. The number of nitrogens with one attached hydrogen (secondary N) is 2. The van der Waals surface area contributed by atoms with E-state index in [1.54, 1.807) is 48.5 Å². The van der Waals surface area contributed by atoms with Crippen LogP contribution in [0.1, 0.15) is 73.1 Å². The molecule has 0 aliphatic rings. The Morgan fingerprint density at radius 1 is 0.611 bits per heavy atom. The number of hydrogen-bond donors (Lipinski definition) is 2. The van der Waals surface area contributed by atoms with Crippen molar-refractivity contribution in [2.45, 2.75) is 52.4 Å². The van der Waals surface area contributed by atoms with Gasteiger partial charge < -0.3 is 20.1 Å². The van der Waals surface area contributed by atoms with Gasteiger partial charge in [-0.05, 0) is 79.6 Å². The largest absolute Gasteiger partial charge is 0.494 e. The fraction of sp³-hybridized carbons (Fsp3) is 0.333. The third kappa shape index (κ3) is 8.77. The summed E-state index contributed by atoms with van der Waals surface area (Å²) in [5.41, 5.74) is 2.12. The monoisotopic (exact) mass is 488 g/mol. The van der Waals surface area contributed by atoms with Gasteiger partial charge in [-0.15, -0.1) is 0 Å². The molecule has 0 aromatic heterocycles. The minimum Gasteiger partial charge on any atom is -0.494 e. The molecular weight excluding hydrogens is 452 g/mol. The van der Waals surface area contributed by atoms with Crippen LogP contribution in [-0.2, 0) is 0 Å². The van der Waals surface area contributed by atoms with Gasteiger partial charge in [-0.25, -0.2) is 0 Å². The van der Waals surface area contributed by atoms with Gasteiger partial charge in [0.25, 0.3) is 11.8 Å². The van der Waals surface area contributed by atoms with E-state index in [-0.39, 0.29) is 11.8 Å². The third-order valence-corrected chi connectivity index (χ3v) is 5.64. The molecule has 3 aromatic rings. The van der Waals surface area contributed by atoms with Crippen LogP contribution in [0.15, 0.2) is 72.8 Å². The van der Waals surface area contributed by atoms with Crippen LogP contribution in [0.25, 0.3) is 0 Å². The van der Waals surface area contributed by atoms with E-state index in [0.717, 1.165) is 50.0 Å². The smallest absolute Gasteiger partial charge is 0.255 e. The second kappa shape index (κ2) is 14.6. The lowest BCUT2D eigenvalue weighted by Gasteiger charge is -2.10. The zero-order valence-electron chi connectivity index (χ0n) is 21.2. The molecule has 0 aliphatic carbocycles. The molecule has 6 nitrogen and oxygen atoms in total. The molecule has 0 heterocycles. The van der Waals surface area contributed by atoms with Crippen molar-refractivity contribution in [1.82, 2.24) is 0 Å². The zero-order chi connectivity index (χ0) is 25.6. The van der Waals surface area contributed by atoms with Gasteiger partial charge >= 0.3 is 0 Å². The van der Waals surface area contributed by atoms with Crippen molar-refractivity contribution >= 4 is 23.2 Å². The number of anilines is 2. The van der Waals surface area contributed by atoms with E-state index in [4.69, 9.17) is 9.47 Å². The fourth-order valence-electron chi connectivity index (χ4n) is 3.56. The van der Waals surface area contributed by atoms with Crippen LogP contribution in [0.4, 0.5) is 11.4 Å². The molecule has 6 heteroatoms. The molecule has 0 saturated carbocycles. The number of unbranched alkanes of at least 4 members (excludes halogenated alkanes) is 4. The van der Waals surface area contributed by atoms with Crippen LogP contribution in [-0.4, -0.2) is 25.0 Å². The van der Waals surface area contributed by atoms with Gasteiger partial charge in [-0.2, -0.15) is 0 Å². The Kier molecular flexibility index (Phi) is 10.8. The molecule has 0 atom stereocenters. The van der Waals surface area contributed by atoms with E-state index in [9.17, 15) is 9.59 Å². The average molecular weight is 489 g/mol. The van der Waals surface area contributed by atoms with Crippen LogP contribution in [0.2, 0.25) is 0 Å². The average Bonchev–Trinajstić information content (AvgIpc) is 2.91. The maximum absolute atomic E-state index is 12.8. The SMILES string of the molecule is CCCCCOc1ccc(NC(=O)c2cccc(C(=O)Nc3ccc(OCCCCC)cc3)c2)cc1. The maximum atomic E-state index is 12.8. The summed E-state index contributed by atoms with van der Waals surface area (Å²) in [7, 11) is 0. The summed E-state index contributed by atoms with van der Waals surface area (Å²) in [6, 6.07) is 21.2. The molecular formula is C30H36N2O4. The predicted octanol–water partition coefficient (Wildman–Crippen LogP) is 7.33. The van der Waals surface area contributed by atoms with E-state index < -0.39 is 0 Å². The highest BCUT2D eigenvalue weighted by atomic mass is 16.5. The van der Waals surface area contributed by atoms with Crippen LogP contribution < -0.4 is 20.1 Å². The van der Waals surface area contributed by atoms with E-state index in [1.165, 1.54) is 0 Å². The Morgan fingerprint density at radius 3 is 1.42 bits per heavy atom. The van der Waals surface area contributed by atoms with E-state index in [2.05, 4.69) is 24.5 Å². The highest BCUT2D eigenvalue weighted by Gasteiger charge is 2.12. The summed E-state index contributed by atoms with van der Waals surface area (Å²) in [4.78, 5) is 25.5. The second-order valence-corrected chi connectivity index (χ2v) is 8.65. The molecule has 0 unspecified atom stereocenters. The molecule has 0 radical (unpaired) electrons. The molecule has 36 heavy (non-hydrogen) atoms. The number of carbonyl (C=O) groups excluding carboxylic acids is 2. The molecule has 0 spiro atoms. The molecule has 2 amide bonds. The first-order chi connectivity index (χ1) is 17.6. The first kappa shape index (κ1) is 26.8. The van der Waals surface area contributed by atoms with Crippen LogP contribution in [0, 0.1) is 0 Å². The summed E-state index contributed by atoms with van der Waals surface area (Å²) in [6.07, 6.45) is 6.64. The van der Waals surface area contributed by atoms with Crippen molar-refractivity contribution in [3.63, 3.8) is 0 Å². The highest BCUT2D eigenvalue weighted by Crippen LogP contribution is 2.19. The van der Waals surface area contributed by atoms with Gasteiger partial charge in [0.2, 0.25) is 0 Å². The second-order valence-electron chi connectivity index (χ2n) is 8.65. The fourth-order valence-corrected chi connectivity index (χ4v) is 3.56.